The summed E-state index contributed by atoms with van der Waals surface area (Å²) in [5, 5.41) is 11.8. The topological polar surface area (TPSA) is 76.4 Å². The van der Waals surface area contributed by atoms with Gasteiger partial charge in [-0.25, -0.2) is 4.79 Å². The number of carbonyl (C=O) groups is 2. The van der Waals surface area contributed by atoms with Gasteiger partial charge in [-0.2, -0.15) is 5.26 Å². The highest BCUT2D eigenvalue weighted by molar-refractivity contribution is 5.97. The van der Waals surface area contributed by atoms with Crippen molar-refractivity contribution < 1.29 is 9.59 Å². The second-order valence-corrected chi connectivity index (χ2v) is 7.65. The third-order valence-electron chi connectivity index (χ3n) is 5.43. The predicted molar refractivity (Wildman–Crippen MR) is 113 cm³/mol. The van der Waals surface area contributed by atoms with Crippen molar-refractivity contribution in [2.45, 2.75) is 25.7 Å². The normalized spacial score (nSPS) is 14.2. The molecule has 6 heteroatoms. The van der Waals surface area contributed by atoms with Crippen LogP contribution in [0.5, 0.6) is 0 Å². The minimum Gasteiger partial charge on any atom is -0.339 e. The Balaban J connectivity index is 1.66. The predicted octanol–water partition coefficient (Wildman–Crippen LogP) is 3.98. The van der Waals surface area contributed by atoms with Gasteiger partial charge in [0, 0.05) is 38.4 Å². The van der Waals surface area contributed by atoms with Gasteiger partial charge < -0.3 is 15.1 Å². The molecule has 0 radical (unpaired) electrons. The summed E-state index contributed by atoms with van der Waals surface area (Å²) in [5.41, 5.74) is 4.04. The lowest BCUT2D eigenvalue weighted by molar-refractivity contribution is 0.0713. The molecule has 1 saturated heterocycles. The van der Waals surface area contributed by atoms with Crippen molar-refractivity contribution in [1.29, 1.82) is 5.26 Å². The third-order valence-corrected chi connectivity index (χ3v) is 5.43. The van der Waals surface area contributed by atoms with E-state index in [1.165, 1.54) is 10.5 Å². The van der Waals surface area contributed by atoms with E-state index in [9.17, 15) is 9.59 Å². The Morgan fingerprint density at radius 2 is 1.76 bits per heavy atom. The standard InChI is InChI=1S/C23H26N4O2/c1-16-4-7-20(14-21(16)25-23(29)26(2)3)22(28)27-12-10-19(11-13-27)18-8-5-17(15-24)6-9-18/h4-9,14,19H,10-13H2,1-3H3,(H,25,29). The second-order valence-electron chi connectivity index (χ2n) is 7.65. The smallest absolute Gasteiger partial charge is 0.321 e. The number of nitrogens with zero attached hydrogens (tertiary/aromatic N) is 3. The minimum absolute atomic E-state index is 0.0105. The van der Waals surface area contributed by atoms with Gasteiger partial charge in [0.1, 0.15) is 0 Å². The summed E-state index contributed by atoms with van der Waals surface area (Å²) in [5.74, 6) is 0.392. The Hall–Kier alpha value is -3.33. The molecule has 0 spiro atoms. The number of anilines is 1. The number of amides is 3. The van der Waals surface area contributed by atoms with E-state index in [0.29, 0.717) is 35.8 Å². The summed E-state index contributed by atoms with van der Waals surface area (Å²) < 4.78 is 0. The highest BCUT2D eigenvalue weighted by atomic mass is 16.2. The highest BCUT2D eigenvalue weighted by Crippen LogP contribution is 2.29. The van der Waals surface area contributed by atoms with Gasteiger partial charge in [-0.3, -0.25) is 4.79 Å². The first-order chi connectivity index (χ1) is 13.9. The van der Waals surface area contributed by atoms with E-state index < -0.39 is 0 Å². The molecule has 2 aromatic carbocycles. The lowest BCUT2D eigenvalue weighted by atomic mass is 9.89. The van der Waals surface area contributed by atoms with Gasteiger partial charge in [-0.15, -0.1) is 0 Å². The summed E-state index contributed by atoms with van der Waals surface area (Å²) in [6.07, 6.45) is 1.79. The molecule has 1 aliphatic heterocycles. The van der Waals surface area contributed by atoms with E-state index in [2.05, 4.69) is 11.4 Å². The number of urea groups is 1. The molecule has 0 atom stereocenters. The largest absolute Gasteiger partial charge is 0.339 e. The molecule has 0 aliphatic carbocycles. The fourth-order valence-corrected chi connectivity index (χ4v) is 3.55. The van der Waals surface area contributed by atoms with Gasteiger partial charge in [-0.05, 0) is 61.1 Å². The van der Waals surface area contributed by atoms with Crippen LogP contribution in [0.25, 0.3) is 0 Å². The molecule has 1 N–H and O–H groups in total. The highest BCUT2D eigenvalue weighted by Gasteiger charge is 2.25. The zero-order chi connectivity index (χ0) is 21.0. The Morgan fingerprint density at radius 3 is 2.34 bits per heavy atom. The van der Waals surface area contributed by atoms with Gasteiger partial charge in [0.15, 0.2) is 0 Å². The molecule has 0 unspecified atom stereocenters. The summed E-state index contributed by atoms with van der Waals surface area (Å²) in [6.45, 7) is 3.29. The lowest BCUT2D eigenvalue weighted by Gasteiger charge is -2.32. The molecule has 3 rings (SSSR count). The van der Waals surface area contributed by atoms with Crippen molar-refractivity contribution in [2.24, 2.45) is 0 Å². The average Bonchev–Trinajstić information content (AvgIpc) is 2.75. The van der Waals surface area contributed by atoms with Crippen LogP contribution in [0.4, 0.5) is 10.5 Å². The number of aryl methyl sites for hydroxylation is 1. The summed E-state index contributed by atoms with van der Waals surface area (Å²) in [4.78, 5) is 28.3. The van der Waals surface area contributed by atoms with Crippen LogP contribution in [0.2, 0.25) is 0 Å². The molecule has 150 valence electrons. The number of nitriles is 1. The van der Waals surface area contributed by atoms with Crippen molar-refractivity contribution in [3.05, 3.63) is 64.7 Å². The van der Waals surface area contributed by atoms with Crippen molar-refractivity contribution >= 4 is 17.6 Å². The number of rotatable bonds is 3. The summed E-state index contributed by atoms with van der Waals surface area (Å²) in [6, 6.07) is 15.1. The molecule has 1 fully saturated rings. The maximum atomic E-state index is 13.0. The second kappa shape index (κ2) is 8.78. The molecule has 0 bridgehead atoms. The Morgan fingerprint density at radius 1 is 1.10 bits per heavy atom. The molecule has 6 nitrogen and oxygen atoms in total. The van der Waals surface area contributed by atoms with Crippen molar-refractivity contribution in [2.75, 3.05) is 32.5 Å². The SMILES string of the molecule is Cc1ccc(C(=O)N2CCC(c3ccc(C#N)cc3)CC2)cc1NC(=O)N(C)C. The fourth-order valence-electron chi connectivity index (χ4n) is 3.55. The molecule has 0 saturated carbocycles. The van der Waals surface area contributed by atoms with Crippen molar-refractivity contribution in [3.8, 4) is 6.07 Å². The monoisotopic (exact) mass is 390 g/mol. The van der Waals surface area contributed by atoms with Crippen LogP contribution < -0.4 is 5.32 Å². The molecule has 0 aromatic heterocycles. The lowest BCUT2D eigenvalue weighted by Crippen LogP contribution is -2.38. The van der Waals surface area contributed by atoms with Gasteiger partial charge >= 0.3 is 6.03 Å². The van der Waals surface area contributed by atoms with E-state index in [1.54, 1.807) is 20.2 Å². The third kappa shape index (κ3) is 4.75. The zero-order valence-corrected chi connectivity index (χ0v) is 17.1. The quantitative estimate of drug-likeness (QED) is 0.861. The van der Waals surface area contributed by atoms with E-state index >= 15 is 0 Å². The molecule has 29 heavy (non-hydrogen) atoms. The molecule has 1 aliphatic rings. The minimum atomic E-state index is -0.221. The van der Waals surface area contributed by atoms with E-state index in [0.717, 1.165) is 18.4 Å². The maximum absolute atomic E-state index is 13.0. The number of piperidine rings is 1. The maximum Gasteiger partial charge on any atom is 0.321 e. The molecular formula is C23H26N4O2. The van der Waals surface area contributed by atoms with Crippen molar-refractivity contribution in [3.63, 3.8) is 0 Å². The summed E-state index contributed by atoms with van der Waals surface area (Å²) >= 11 is 0. The zero-order valence-electron chi connectivity index (χ0n) is 17.1. The van der Waals surface area contributed by atoms with Gasteiger partial charge in [0.05, 0.1) is 11.6 Å². The van der Waals surface area contributed by atoms with Crippen molar-refractivity contribution in [1.82, 2.24) is 9.80 Å². The first-order valence-corrected chi connectivity index (χ1v) is 9.77. The van der Waals surface area contributed by atoms with Gasteiger partial charge in [0.2, 0.25) is 0 Å². The number of carbonyl (C=O) groups excluding carboxylic acids is 2. The first kappa shape index (κ1) is 20.4. The molecule has 2 aromatic rings. The molecule has 1 heterocycles. The Kier molecular flexibility index (Phi) is 6.18. The average molecular weight is 390 g/mol. The van der Waals surface area contributed by atoms with E-state index in [-0.39, 0.29) is 11.9 Å². The first-order valence-electron chi connectivity index (χ1n) is 9.77. The Labute approximate surface area is 171 Å². The van der Waals surface area contributed by atoms with E-state index in [4.69, 9.17) is 5.26 Å². The number of likely N-dealkylation sites (tertiary alicyclic amines) is 1. The number of nitrogens with one attached hydrogen (secondary N) is 1. The summed E-state index contributed by atoms with van der Waals surface area (Å²) in [7, 11) is 3.36. The van der Waals surface area contributed by atoms with Crippen LogP contribution >= 0.6 is 0 Å². The van der Waals surface area contributed by atoms with Crippen LogP contribution in [0.3, 0.4) is 0 Å². The van der Waals surface area contributed by atoms with Crippen LogP contribution in [0, 0.1) is 18.3 Å². The molecular weight excluding hydrogens is 364 g/mol. The number of benzene rings is 2. The van der Waals surface area contributed by atoms with E-state index in [1.807, 2.05) is 48.2 Å². The van der Waals surface area contributed by atoms with Gasteiger partial charge in [0.25, 0.3) is 5.91 Å². The fraction of sp³-hybridized carbons (Fsp3) is 0.348. The number of hydrogen-bond donors (Lipinski definition) is 1. The number of hydrogen-bond acceptors (Lipinski definition) is 3. The van der Waals surface area contributed by atoms with Crippen LogP contribution in [-0.4, -0.2) is 48.9 Å². The van der Waals surface area contributed by atoms with Crippen LogP contribution in [0.15, 0.2) is 42.5 Å². The Bertz CT molecular complexity index is 936. The van der Waals surface area contributed by atoms with Gasteiger partial charge in [-0.1, -0.05) is 18.2 Å². The van der Waals surface area contributed by atoms with Crippen LogP contribution in [0.1, 0.15) is 45.8 Å². The van der Waals surface area contributed by atoms with Crippen LogP contribution in [-0.2, 0) is 0 Å². The molecule has 3 amide bonds.